The zero-order valence-electron chi connectivity index (χ0n) is 11.6. The third kappa shape index (κ3) is 5.89. The number of hydrogen-bond acceptors (Lipinski definition) is 1. The standard InChI is InChI=1S/C15H26O/c1-7-13(5)15(16)14(6)10-12(4)9-8-11(2)3/h8-11,13-14H,7H2,1-6H3/b9-8+,12-10+/t13?,14-/m1/s1. The second-order valence-corrected chi connectivity index (χ2v) is 5.01. The molecule has 0 heterocycles. The van der Waals surface area contributed by atoms with E-state index in [4.69, 9.17) is 0 Å². The molecule has 1 nitrogen and oxygen atoms in total. The molecule has 92 valence electrons. The van der Waals surface area contributed by atoms with Crippen LogP contribution in [0, 0.1) is 17.8 Å². The Kier molecular flexibility index (Phi) is 7.03. The van der Waals surface area contributed by atoms with E-state index in [1.807, 2.05) is 13.8 Å². The Morgan fingerprint density at radius 1 is 1.19 bits per heavy atom. The summed E-state index contributed by atoms with van der Waals surface area (Å²) in [4.78, 5) is 11.9. The fourth-order valence-electron chi connectivity index (χ4n) is 1.53. The summed E-state index contributed by atoms with van der Waals surface area (Å²) in [6.07, 6.45) is 7.25. The average molecular weight is 222 g/mol. The summed E-state index contributed by atoms with van der Waals surface area (Å²) in [5.74, 6) is 1.11. The van der Waals surface area contributed by atoms with Crippen molar-refractivity contribution in [1.29, 1.82) is 0 Å². The maximum Gasteiger partial charge on any atom is 0.142 e. The van der Waals surface area contributed by atoms with E-state index < -0.39 is 0 Å². The first kappa shape index (κ1) is 15.2. The first-order valence-corrected chi connectivity index (χ1v) is 6.28. The maximum atomic E-state index is 11.9. The maximum absolute atomic E-state index is 11.9. The highest BCUT2D eigenvalue weighted by Crippen LogP contribution is 2.14. The van der Waals surface area contributed by atoms with Crippen molar-refractivity contribution in [2.45, 2.75) is 48.0 Å². The third-order valence-corrected chi connectivity index (χ3v) is 2.80. The predicted octanol–water partition coefficient (Wildman–Crippen LogP) is 4.40. The Balaban J connectivity index is 4.46. The summed E-state index contributed by atoms with van der Waals surface area (Å²) in [5.41, 5.74) is 1.18. The number of rotatable bonds is 6. The quantitative estimate of drug-likeness (QED) is 0.609. The van der Waals surface area contributed by atoms with Crippen LogP contribution in [0.3, 0.4) is 0 Å². The van der Waals surface area contributed by atoms with Crippen LogP contribution in [0.5, 0.6) is 0 Å². The van der Waals surface area contributed by atoms with Crippen molar-refractivity contribution >= 4 is 5.78 Å². The fourth-order valence-corrected chi connectivity index (χ4v) is 1.53. The van der Waals surface area contributed by atoms with E-state index in [0.29, 0.717) is 11.7 Å². The van der Waals surface area contributed by atoms with Crippen molar-refractivity contribution < 1.29 is 4.79 Å². The van der Waals surface area contributed by atoms with Crippen LogP contribution in [0.2, 0.25) is 0 Å². The van der Waals surface area contributed by atoms with Crippen LogP contribution in [-0.4, -0.2) is 5.78 Å². The fraction of sp³-hybridized carbons (Fsp3) is 0.667. The van der Waals surface area contributed by atoms with E-state index in [-0.39, 0.29) is 11.8 Å². The first-order valence-electron chi connectivity index (χ1n) is 6.28. The zero-order chi connectivity index (χ0) is 12.7. The second-order valence-electron chi connectivity index (χ2n) is 5.01. The number of carbonyl (C=O) groups excluding carboxylic acids is 1. The van der Waals surface area contributed by atoms with Crippen LogP contribution in [0.15, 0.2) is 23.8 Å². The number of Topliss-reactive ketones (excluding diaryl/α,β-unsaturated/α-hetero) is 1. The topological polar surface area (TPSA) is 17.1 Å². The van der Waals surface area contributed by atoms with Gasteiger partial charge < -0.3 is 0 Å². The highest BCUT2D eigenvalue weighted by molar-refractivity contribution is 5.84. The molecule has 1 unspecified atom stereocenters. The van der Waals surface area contributed by atoms with Gasteiger partial charge in [-0.15, -0.1) is 0 Å². The van der Waals surface area contributed by atoms with Crippen molar-refractivity contribution in [3.8, 4) is 0 Å². The molecule has 0 amide bonds. The van der Waals surface area contributed by atoms with Gasteiger partial charge in [-0.3, -0.25) is 4.79 Å². The molecule has 0 aromatic heterocycles. The van der Waals surface area contributed by atoms with Crippen molar-refractivity contribution in [1.82, 2.24) is 0 Å². The summed E-state index contributed by atoms with van der Waals surface area (Å²) in [5, 5.41) is 0. The molecule has 0 N–H and O–H groups in total. The van der Waals surface area contributed by atoms with Gasteiger partial charge in [-0.1, -0.05) is 58.4 Å². The molecule has 0 aliphatic carbocycles. The Bertz CT molecular complexity index is 271. The van der Waals surface area contributed by atoms with Gasteiger partial charge >= 0.3 is 0 Å². The van der Waals surface area contributed by atoms with Gasteiger partial charge in [-0.2, -0.15) is 0 Å². The average Bonchev–Trinajstić information content (AvgIpc) is 2.24. The Hall–Kier alpha value is -0.850. The van der Waals surface area contributed by atoms with Gasteiger partial charge in [0.1, 0.15) is 5.78 Å². The molecule has 2 atom stereocenters. The molecule has 0 radical (unpaired) electrons. The van der Waals surface area contributed by atoms with E-state index in [9.17, 15) is 4.79 Å². The largest absolute Gasteiger partial charge is 0.299 e. The summed E-state index contributed by atoms with van der Waals surface area (Å²) in [6, 6.07) is 0. The summed E-state index contributed by atoms with van der Waals surface area (Å²) >= 11 is 0. The first-order chi connectivity index (χ1) is 7.38. The third-order valence-electron chi connectivity index (χ3n) is 2.80. The molecule has 0 bridgehead atoms. The van der Waals surface area contributed by atoms with E-state index in [2.05, 4.69) is 45.9 Å². The number of allylic oxidation sites excluding steroid dienone is 4. The molecule has 0 saturated heterocycles. The molecular formula is C15H26O. The van der Waals surface area contributed by atoms with Crippen LogP contribution in [0.4, 0.5) is 0 Å². The SMILES string of the molecule is CCC(C)C(=O)[C@H](C)/C=C(C)/C=C/C(C)C. The lowest BCUT2D eigenvalue weighted by atomic mass is 9.92. The monoisotopic (exact) mass is 222 g/mol. The zero-order valence-corrected chi connectivity index (χ0v) is 11.6. The van der Waals surface area contributed by atoms with E-state index in [0.717, 1.165) is 6.42 Å². The smallest absolute Gasteiger partial charge is 0.142 e. The molecule has 0 aromatic rings. The van der Waals surface area contributed by atoms with Gasteiger partial charge in [-0.05, 0) is 19.3 Å². The number of carbonyl (C=O) groups is 1. The van der Waals surface area contributed by atoms with Crippen molar-refractivity contribution in [2.75, 3.05) is 0 Å². The molecule has 0 saturated carbocycles. The molecular weight excluding hydrogens is 196 g/mol. The lowest BCUT2D eigenvalue weighted by Gasteiger charge is -2.11. The number of hydrogen-bond donors (Lipinski definition) is 0. The Labute approximate surface area is 101 Å². The minimum absolute atomic E-state index is 0.0340. The molecule has 0 rings (SSSR count). The van der Waals surface area contributed by atoms with Crippen molar-refractivity contribution in [3.63, 3.8) is 0 Å². The highest BCUT2D eigenvalue weighted by atomic mass is 16.1. The van der Waals surface area contributed by atoms with Crippen LogP contribution in [0.25, 0.3) is 0 Å². The van der Waals surface area contributed by atoms with Crippen molar-refractivity contribution in [2.24, 2.45) is 17.8 Å². The minimum atomic E-state index is 0.0340. The van der Waals surface area contributed by atoms with Gasteiger partial charge in [0.2, 0.25) is 0 Å². The lowest BCUT2D eigenvalue weighted by Crippen LogP contribution is -2.17. The molecule has 16 heavy (non-hydrogen) atoms. The highest BCUT2D eigenvalue weighted by Gasteiger charge is 2.16. The lowest BCUT2D eigenvalue weighted by molar-refractivity contribution is -0.124. The Morgan fingerprint density at radius 2 is 1.75 bits per heavy atom. The molecule has 0 fully saturated rings. The molecule has 0 aliphatic rings. The van der Waals surface area contributed by atoms with Crippen molar-refractivity contribution in [3.05, 3.63) is 23.8 Å². The van der Waals surface area contributed by atoms with E-state index in [1.54, 1.807) is 0 Å². The predicted molar refractivity (Wildman–Crippen MR) is 71.4 cm³/mol. The van der Waals surface area contributed by atoms with Crippen LogP contribution in [0.1, 0.15) is 48.0 Å². The van der Waals surface area contributed by atoms with Gasteiger partial charge in [0.05, 0.1) is 0 Å². The van der Waals surface area contributed by atoms with Crippen LogP contribution in [-0.2, 0) is 4.79 Å². The number of ketones is 1. The normalized spacial score (nSPS) is 16.8. The molecule has 1 heteroatoms. The van der Waals surface area contributed by atoms with Gasteiger partial charge in [0, 0.05) is 11.8 Å². The van der Waals surface area contributed by atoms with E-state index >= 15 is 0 Å². The molecule has 0 spiro atoms. The van der Waals surface area contributed by atoms with Crippen LogP contribution >= 0.6 is 0 Å². The van der Waals surface area contributed by atoms with Gasteiger partial charge in [0.25, 0.3) is 0 Å². The van der Waals surface area contributed by atoms with Gasteiger partial charge in [0.15, 0.2) is 0 Å². The molecule has 0 aromatic carbocycles. The second kappa shape index (κ2) is 7.43. The summed E-state index contributed by atoms with van der Waals surface area (Å²) in [7, 11) is 0. The van der Waals surface area contributed by atoms with Crippen LogP contribution < -0.4 is 0 Å². The van der Waals surface area contributed by atoms with Gasteiger partial charge in [-0.25, -0.2) is 0 Å². The minimum Gasteiger partial charge on any atom is -0.299 e. The summed E-state index contributed by atoms with van der Waals surface area (Å²) < 4.78 is 0. The molecule has 0 aliphatic heterocycles. The Morgan fingerprint density at radius 3 is 2.19 bits per heavy atom. The van der Waals surface area contributed by atoms with E-state index in [1.165, 1.54) is 5.57 Å². The summed E-state index contributed by atoms with van der Waals surface area (Å²) in [6.45, 7) is 12.4.